The van der Waals surface area contributed by atoms with Crippen LogP contribution in [0.2, 0.25) is 0 Å². The summed E-state index contributed by atoms with van der Waals surface area (Å²) >= 11 is 0. The molecule has 0 aliphatic rings. The van der Waals surface area contributed by atoms with Gasteiger partial charge in [0, 0.05) is 6.08 Å². The van der Waals surface area contributed by atoms with Gasteiger partial charge in [-0.2, -0.15) is 0 Å². The van der Waals surface area contributed by atoms with E-state index in [0.717, 1.165) is 29.3 Å². The van der Waals surface area contributed by atoms with Crippen LogP contribution in [-0.2, 0) is 16.0 Å². The van der Waals surface area contributed by atoms with Crippen LogP contribution >= 0.6 is 0 Å². The highest BCUT2D eigenvalue weighted by atomic mass is 16.4. The monoisotopic (exact) mass is 637 g/mol. The van der Waals surface area contributed by atoms with Crippen molar-refractivity contribution in [1.29, 1.82) is 0 Å². The average molecular weight is 638 g/mol. The minimum Gasteiger partial charge on any atom is -0.508 e. The molecule has 46 heavy (non-hydrogen) atoms. The molecule has 14 heteroatoms. The van der Waals surface area contributed by atoms with Crippen LogP contribution in [0.1, 0.15) is 31.8 Å². The molecule has 4 rings (SSSR count). The average Bonchev–Trinajstić information content (AvgIpc) is 3.00. The zero-order valence-corrected chi connectivity index (χ0v) is 23.8. The number of carboxylic acids is 4. The van der Waals surface area contributed by atoms with Gasteiger partial charge in [0.2, 0.25) is 0 Å². The van der Waals surface area contributed by atoms with Gasteiger partial charge in [0.25, 0.3) is 0 Å². The van der Waals surface area contributed by atoms with Gasteiger partial charge in [0.15, 0.2) is 11.5 Å². The number of rotatable bonds is 7. The summed E-state index contributed by atoms with van der Waals surface area (Å²) in [6.07, 6.45) is 2.78. The zero-order chi connectivity index (χ0) is 34.8. The van der Waals surface area contributed by atoms with Gasteiger partial charge in [0.05, 0.1) is 11.1 Å². The lowest BCUT2D eigenvalue weighted by Gasteiger charge is -2.05. The molecule has 0 unspecified atom stereocenters. The number of aromatic carboxylic acids is 2. The van der Waals surface area contributed by atoms with Crippen LogP contribution in [0, 0.1) is 0 Å². The fraction of sp³-hybridized carbons (Fsp3) is 0.0625. The Kier molecular flexibility index (Phi) is 15.4. The van der Waals surface area contributed by atoms with Crippen molar-refractivity contribution in [2.45, 2.75) is 12.5 Å². The zero-order valence-electron chi connectivity index (χ0n) is 23.8. The molecule has 242 valence electrons. The maximum Gasteiger partial charge on any atom is 0.335 e. The van der Waals surface area contributed by atoms with Gasteiger partial charge in [0.1, 0.15) is 23.3 Å². The summed E-state index contributed by atoms with van der Waals surface area (Å²) in [5.74, 6) is -4.48. The second kappa shape index (κ2) is 18.9. The van der Waals surface area contributed by atoms with E-state index in [1.807, 2.05) is 0 Å². The Bertz CT molecular complexity index is 1620. The first-order chi connectivity index (χ1) is 21.6. The number of carboxylic acid groups (broad SMARTS) is 4. The predicted octanol–water partition coefficient (Wildman–Crippen LogP) is 3.72. The first-order valence-electron chi connectivity index (χ1n) is 12.8. The molecule has 4 aromatic carbocycles. The molecule has 0 spiro atoms. The van der Waals surface area contributed by atoms with Crippen LogP contribution in [0.25, 0.3) is 6.08 Å². The van der Waals surface area contributed by atoms with E-state index in [1.165, 1.54) is 60.7 Å². The summed E-state index contributed by atoms with van der Waals surface area (Å²) in [5.41, 5.74) is 6.99. The fourth-order valence-electron chi connectivity index (χ4n) is 2.99. The molecule has 4 aromatic rings. The molecular weight excluding hydrogens is 606 g/mol. The summed E-state index contributed by atoms with van der Waals surface area (Å²) in [6.45, 7) is 0. The van der Waals surface area contributed by atoms with Gasteiger partial charge in [-0.1, -0.05) is 24.3 Å². The van der Waals surface area contributed by atoms with Crippen LogP contribution in [-0.4, -0.2) is 75.9 Å². The second-order valence-electron chi connectivity index (χ2n) is 8.94. The molecule has 0 saturated heterocycles. The van der Waals surface area contributed by atoms with Crippen molar-refractivity contribution < 1.29 is 65.1 Å². The van der Waals surface area contributed by atoms with Crippen molar-refractivity contribution in [3.63, 3.8) is 0 Å². The van der Waals surface area contributed by atoms with Crippen molar-refractivity contribution in [3.8, 4) is 28.7 Å². The number of carbonyl (C=O) groups is 4. The molecule has 0 aromatic heterocycles. The highest BCUT2D eigenvalue weighted by Gasteiger charge is 2.11. The molecule has 0 heterocycles. The Balaban J connectivity index is 0.000000308. The topological polar surface area (TPSA) is 276 Å². The lowest BCUT2D eigenvalue weighted by Crippen LogP contribution is -2.32. The minimum atomic E-state index is -1.14. The molecule has 0 radical (unpaired) electrons. The number of nitrogens with two attached hydrogens (primary N) is 1. The normalized spacial score (nSPS) is 10.5. The third-order valence-corrected chi connectivity index (χ3v) is 5.36. The van der Waals surface area contributed by atoms with Crippen molar-refractivity contribution in [3.05, 3.63) is 119 Å². The molecule has 11 N–H and O–H groups in total. The first kappa shape index (κ1) is 37.5. The Hall–Kier alpha value is -6.54. The van der Waals surface area contributed by atoms with Gasteiger partial charge in [-0.3, -0.25) is 4.79 Å². The van der Waals surface area contributed by atoms with Crippen LogP contribution in [0.5, 0.6) is 28.7 Å². The number of phenolic OH excluding ortho intramolecular Hbond substituents is 5. The summed E-state index contributed by atoms with van der Waals surface area (Å²) in [4.78, 5) is 41.0. The second-order valence-corrected chi connectivity index (χ2v) is 8.94. The van der Waals surface area contributed by atoms with Gasteiger partial charge in [-0.15, -0.1) is 0 Å². The molecule has 0 bridgehead atoms. The Morgan fingerprint density at radius 1 is 0.587 bits per heavy atom. The van der Waals surface area contributed by atoms with Crippen LogP contribution in [0.15, 0.2) is 97.1 Å². The van der Waals surface area contributed by atoms with E-state index in [2.05, 4.69) is 0 Å². The molecule has 0 saturated carbocycles. The summed E-state index contributed by atoms with van der Waals surface area (Å²) in [7, 11) is 0. The van der Waals surface area contributed by atoms with E-state index in [-0.39, 0.29) is 40.5 Å². The third kappa shape index (κ3) is 15.1. The largest absolute Gasteiger partial charge is 0.508 e. The van der Waals surface area contributed by atoms with Gasteiger partial charge in [-0.25, -0.2) is 14.4 Å². The molecule has 0 aliphatic carbocycles. The maximum atomic E-state index is 10.4. The molecule has 1 atom stereocenters. The van der Waals surface area contributed by atoms with E-state index >= 15 is 0 Å². The SMILES string of the molecule is N[C@@H](Cc1ccc(O)cc1)C(=O)O.O=C(O)/C=C/c1ccc(O)cc1.O=C(O)c1ccc(O)c(O)c1.O=C(O)c1ccc(O)cc1. The quantitative estimate of drug-likeness (QED) is 0.102. The van der Waals surface area contributed by atoms with E-state index in [0.29, 0.717) is 0 Å². The van der Waals surface area contributed by atoms with Gasteiger partial charge >= 0.3 is 23.9 Å². The maximum absolute atomic E-state index is 10.4. The Morgan fingerprint density at radius 3 is 1.43 bits per heavy atom. The number of phenols is 5. The minimum absolute atomic E-state index is 0.0553. The summed E-state index contributed by atoms with van der Waals surface area (Å²) < 4.78 is 0. The first-order valence-corrected chi connectivity index (χ1v) is 12.8. The van der Waals surface area contributed by atoms with Crippen LogP contribution < -0.4 is 5.73 Å². The molecule has 14 nitrogen and oxygen atoms in total. The smallest absolute Gasteiger partial charge is 0.335 e. The van der Waals surface area contributed by atoms with E-state index < -0.39 is 35.7 Å². The summed E-state index contributed by atoms with van der Waals surface area (Å²) in [5, 5.41) is 77.8. The van der Waals surface area contributed by atoms with Crippen molar-refractivity contribution in [2.75, 3.05) is 0 Å². The van der Waals surface area contributed by atoms with Crippen molar-refractivity contribution in [1.82, 2.24) is 0 Å². The predicted molar refractivity (Wildman–Crippen MR) is 164 cm³/mol. The van der Waals surface area contributed by atoms with Crippen molar-refractivity contribution in [2.24, 2.45) is 5.73 Å². The Labute approximate surface area is 261 Å². The standard InChI is InChI=1S/C9H11NO3.C9H8O3.C7H6O4.C7H6O3/c10-8(9(12)13)5-6-1-3-7(11)4-2-6;10-8-4-1-7(2-5-8)3-6-9(11)12;8-5-2-1-4(7(10)11)3-6(5)9;8-6-3-1-5(2-4-6)7(9)10/h1-4,8,11H,5,10H2,(H,12,13);1-6,10H,(H,11,12);1-3,8-9H,(H,10,11);1-4,8H,(H,9,10)/b;6-3+;;/t8-;;;/m0.../s1. The van der Waals surface area contributed by atoms with E-state index in [1.54, 1.807) is 24.3 Å². The van der Waals surface area contributed by atoms with E-state index in [9.17, 15) is 19.2 Å². The molecule has 0 aliphatic heterocycles. The number of aromatic hydroxyl groups is 5. The van der Waals surface area contributed by atoms with Crippen LogP contribution in [0.4, 0.5) is 0 Å². The third-order valence-electron chi connectivity index (χ3n) is 5.36. The summed E-state index contributed by atoms with van der Waals surface area (Å²) in [6, 6.07) is 20.4. The van der Waals surface area contributed by atoms with Crippen LogP contribution in [0.3, 0.4) is 0 Å². The lowest BCUT2D eigenvalue weighted by molar-refractivity contribution is -0.138. The molecule has 0 amide bonds. The molecular formula is C32H31NO13. The van der Waals surface area contributed by atoms with Crippen molar-refractivity contribution >= 4 is 30.0 Å². The number of hydrogen-bond acceptors (Lipinski definition) is 10. The highest BCUT2D eigenvalue weighted by molar-refractivity contribution is 5.88. The Morgan fingerprint density at radius 2 is 1.02 bits per heavy atom. The number of hydrogen-bond donors (Lipinski definition) is 10. The molecule has 0 fully saturated rings. The number of benzene rings is 4. The van der Waals surface area contributed by atoms with Gasteiger partial charge < -0.3 is 51.7 Å². The van der Waals surface area contributed by atoms with E-state index in [4.69, 9.17) is 51.7 Å². The van der Waals surface area contributed by atoms with Gasteiger partial charge in [-0.05, 0) is 90.4 Å². The fourth-order valence-corrected chi connectivity index (χ4v) is 2.99. The number of aliphatic carboxylic acids is 2. The lowest BCUT2D eigenvalue weighted by atomic mass is 10.1. The highest BCUT2D eigenvalue weighted by Crippen LogP contribution is 2.24.